The van der Waals surface area contributed by atoms with Crippen molar-refractivity contribution >= 4 is 43.4 Å². The Hall–Kier alpha value is -0.850. The second-order valence-electron chi connectivity index (χ2n) is 5.57. The number of piperazine rings is 1. The molecule has 21 heavy (non-hydrogen) atoms. The number of carbonyl (C=O) groups excluding carboxylic acids is 1. The van der Waals surface area contributed by atoms with Gasteiger partial charge < -0.3 is 14.4 Å². The number of hydrogen-bond donors (Lipinski definition) is 0. The van der Waals surface area contributed by atoms with Gasteiger partial charge in [0.1, 0.15) is 5.69 Å². The number of halogens is 1. The Morgan fingerprint density at radius 1 is 1.33 bits per heavy atom. The summed E-state index contributed by atoms with van der Waals surface area (Å²) in [5, 5.41) is 2.10. The molecule has 3 heterocycles. The molecule has 3 rings (SSSR count). The molecular formula is C15H20BrN3OS. The predicted molar refractivity (Wildman–Crippen MR) is 91.2 cm³/mol. The molecule has 0 N–H and O–H groups in total. The number of amides is 1. The average molecular weight is 370 g/mol. The molecule has 0 spiro atoms. The summed E-state index contributed by atoms with van der Waals surface area (Å²) in [5.74, 6) is 0.173. The van der Waals surface area contributed by atoms with Gasteiger partial charge in [-0.15, -0.1) is 11.3 Å². The van der Waals surface area contributed by atoms with Crippen LogP contribution in [0.15, 0.2) is 15.9 Å². The minimum Gasteiger partial charge on any atom is -0.335 e. The molecule has 0 aromatic carbocycles. The van der Waals surface area contributed by atoms with Crippen molar-refractivity contribution in [3.8, 4) is 0 Å². The van der Waals surface area contributed by atoms with Crippen molar-refractivity contribution in [2.75, 3.05) is 33.2 Å². The molecule has 114 valence electrons. The van der Waals surface area contributed by atoms with Crippen LogP contribution in [0.2, 0.25) is 0 Å². The van der Waals surface area contributed by atoms with E-state index in [1.54, 1.807) is 11.3 Å². The van der Waals surface area contributed by atoms with E-state index >= 15 is 0 Å². The van der Waals surface area contributed by atoms with Crippen LogP contribution in [0, 0.1) is 0 Å². The monoisotopic (exact) mass is 369 g/mol. The van der Waals surface area contributed by atoms with E-state index in [-0.39, 0.29) is 5.91 Å². The van der Waals surface area contributed by atoms with Crippen molar-refractivity contribution in [2.45, 2.75) is 19.9 Å². The second-order valence-corrected chi connectivity index (χ2v) is 7.34. The Morgan fingerprint density at radius 3 is 2.71 bits per heavy atom. The zero-order valence-corrected chi connectivity index (χ0v) is 14.8. The minimum absolute atomic E-state index is 0.173. The molecule has 0 unspecified atom stereocenters. The predicted octanol–water partition coefficient (Wildman–Crippen LogP) is 3.26. The summed E-state index contributed by atoms with van der Waals surface area (Å²) in [4.78, 5) is 17.1. The molecule has 1 aliphatic rings. The van der Waals surface area contributed by atoms with Crippen molar-refractivity contribution in [2.24, 2.45) is 0 Å². The smallest absolute Gasteiger partial charge is 0.270 e. The van der Waals surface area contributed by atoms with E-state index < -0.39 is 0 Å². The Kier molecular flexibility index (Phi) is 4.38. The van der Waals surface area contributed by atoms with E-state index in [1.807, 2.05) is 4.90 Å². The van der Waals surface area contributed by atoms with Gasteiger partial charge in [0.2, 0.25) is 0 Å². The Morgan fingerprint density at radius 2 is 2.05 bits per heavy atom. The molecule has 6 heteroatoms. The van der Waals surface area contributed by atoms with Crippen molar-refractivity contribution < 1.29 is 4.79 Å². The van der Waals surface area contributed by atoms with Crippen LogP contribution in [0.4, 0.5) is 0 Å². The highest BCUT2D eigenvalue weighted by Crippen LogP contribution is 2.33. The molecule has 0 radical (unpaired) electrons. The summed E-state index contributed by atoms with van der Waals surface area (Å²) >= 11 is 5.30. The highest BCUT2D eigenvalue weighted by molar-refractivity contribution is 9.10. The van der Waals surface area contributed by atoms with E-state index in [9.17, 15) is 4.79 Å². The minimum atomic E-state index is 0.173. The number of fused-ring (bicyclic) bond motifs is 1. The molecule has 1 aliphatic heterocycles. The first-order valence-corrected chi connectivity index (χ1v) is 9.03. The van der Waals surface area contributed by atoms with E-state index in [4.69, 9.17) is 0 Å². The second kappa shape index (κ2) is 6.10. The first-order chi connectivity index (χ1) is 10.1. The lowest BCUT2D eigenvalue weighted by atomic mass is 10.3. The number of carbonyl (C=O) groups is 1. The van der Waals surface area contributed by atoms with Crippen molar-refractivity contribution in [1.82, 2.24) is 14.4 Å². The van der Waals surface area contributed by atoms with Crippen molar-refractivity contribution in [1.29, 1.82) is 0 Å². The molecule has 2 aromatic rings. The van der Waals surface area contributed by atoms with Crippen LogP contribution in [-0.2, 0) is 6.54 Å². The van der Waals surface area contributed by atoms with Gasteiger partial charge in [0.15, 0.2) is 0 Å². The fourth-order valence-electron chi connectivity index (χ4n) is 2.84. The topological polar surface area (TPSA) is 28.5 Å². The van der Waals surface area contributed by atoms with Crippen LogP contribution in [0.1, 0.15) is 23.8 Å². The van der Waals surface area contributed by atoms with Gasteiger partial charge in [-0.2, -0.15) is 0 Å². The number of rotatable bonds is 3. The zero-order chi connectivity index (χ0) is 15.0. The van der Waals surface area contributed by atoms with Crippen LogP contribution in [0.5, 0.6) is 0 Å². The fourth-order valence-corrected chi connectivity index (χ4v) is 4.53. The molecule has 0 saturated carbocycles. The van der Waals surface area contributed by atoms with E-state index in [1.165, 1.54) is 10.2 Å². The summed E-state index contributed by atoms with van der Waals surface area (Å²) in [5.41, 5.74) is 2.00. The van der Waals surface area contributed by atoms with Gasteiger partial charge >= 0.3 is 0 Å². The molecular weight excluding hydrogens is 350 g/mol. The summed E-state index contributed by atoms with van der Waals surface area (Å²) in [6.45, 7) is 6.59. The third kappa shape index (κ3) is 2.76. The standard InChI is InChI=1S/C15H20BrN3OS/c1-3-4-19-12(9-13-14(19)11(16)10-21-13)15(20)18-7-5-17(2)6-8-18/h9-10H,3-8H2,1-2H3. The van der Waals surface area contributed by atoms with Crippen LogP contribution in [0.25, 0.3) is 10.2 Å². The van der Waals surface area contributed by atoms with E-state index in [2.05, 4.69) is 50.8 Å². The molecule has 0 bridgehead atoms. The number of thiophene rings is 1. The van der Waals surface area contributed by atoms with Gasteiger partial charge in [-0.25, -0.2) is 0 Å². The lowest BCUT2D eigenvalue weighted by Crippen LogP contribution is -2.47. The van der Waals surface area contributed by atoms with Gasteiger partial charge in [-0.1, -0.05) is 6.92 Å². The molecule has 4 nitrogen and oxygen atoms in total. The molecule has 0 aliphatic carbocycles. The lowest BCUT2D eigenvalue weighted by Gasteiger charge is -2.32. The number of likely N-dealkylation sites (N-methyl/N-ethyl adjacent to an activating group) is 1. The molecule has 2 aromatic heterocycles. The van der Waals surface area contributed by atoms with Gasteiger partial charge in [0, 0.05) is 38.1 Å². The van der Waals surface area contributed by atoms with Crippen LogP contribution >= 0.6 is 27.3 Å². The maximum atomic E-state index is 12.9. The van der Waals surface area contributed by atoms with Crippen LogP contribution in [-0.4, -0.2) is 53.5 Å². The molecule has 0 atom stereocenters. The summed E-state index contributed by atoms with van der Waals surface area (Å²) in [6, 6.07) is 2.06. The number of nitrogens with zero attached hydrogens (tertiary/aromatic N) is 3. The third-order valence-electron chi connectivity index (χ3n) is 4.03. The van der Waals surface area contributed by atoms with Gasteiger partial charge in [0.05, 0.1) is 14.7 Å². The first-order valence-electron chi connectivity index (χ1n) is 7.36. The van der Waals surface area contributed by atoms with E-state index in [0.29, 0.717) is 0 Å². The Labute approximate surface area is 137 Å². The number of hydrogen-bond acceptors (Lipinski definition) is 3. The quantitative estimate of drug-likeness (QED) is 0.830. The number of aryl methyl sites for hydroxylation is 1. The highest BCUT2D eigenvalue weighted by Gasteiger charge is 2.25. The molecule has 1 fully saturated rings. The van der Waals surface area contributed by atoms with Gasteiger partial charge in [-0.05, 0) is 35.5 Å². The fraction of sp³-hybridized carbons (Fsp3) is 0.533. The maximum absolute atomic E-state index is 12.9. The Bertz CT molecular complexity index is 655. The zero-order valence-electron chi connectivity index (χ0n) is 12.4. The largest absolute Gasteiger partial charge is 0.335 e. The summed E-state index contributed by atoms with van der Waals surface area (Å²) < 4.78 is 4.46. The summed E-state index contributed by atoms with van der Waals surface area (Å²) in [6.07, 6.45) is 1.02. The molecule has 1 amide bonds. The maximum Gasteiger partial charge on any atom is 0.270 e. The first kappa shape index (κ1) is 15.1. The molecule has 1 saturated heterocycles. The average Bonchev–Trinajstić information content (AvgIpc) is 3.01. The lowest BCUT2D eigenvalue weighted by molar-refractivity contribution is 0.0653. The van der Waals surface area contributed by atoms with E-state index in [0.717, 1.165) is 49.3 Å². The van der Waals surface area contributed by atoms with Crippen LogP contribution in [0.3, 0.4) is 0 Å². The summed E-state index contributed by atoms with van der Waals surface area (Å²) in [7, 11) is 2.11. The number of aromatic nitrogens is 1. The highest BCUT2D eigenvalue weighted by atomic mass is 79.9. The normalized spacial score (nSPS) is 16.8. The van der Waals surface area contributed by atoms with Gasteiger partial charge in [-0.3, -0.25) is 4.79 Å². The van der Waals surface area contributed by atoms with Crippen molar-refractivity contribution in [3.63, 3.8) is 0 Å². The third-order valence-corrected chi connectivity index (χ3v) is 5.86. The van der Waals surface area contributed by atoms with Gasteiger partial charge in [0.25, 0.3) is 5.91 Å². The van der Waals surface area contributed by atoms with Crippen molar-refractivity contribution in [3.05, 3.63) is 21.6 Å². The Balaban J connectivity index is 1.95. The van der Waals surface area contributed by atoms with Crippen LogP contribution < -0.4 is 0 Å². The SMILES string of the molecule is CCCn1c(C(=O)N2CCN(C)CC2)cc2scc(Br)c21.